The molecule has 0 aliphatic carbocycles. The molecular weight excluding hydrogens is 417 g/mol. The number of anilines is 1. The maximum Gasteiger partial charge on any atom is 0.355 e. The van der Waals surface area contributed by atoms with Crippen LogP contribution in [0.3, 0.4) is 0 Å². The van der Waals surface area contributed by atoms with Gasteiger partial charge in [-0.25, -0.2) is 9.13 Å². The molecule has 6 heteroatoms. The Morgan fingerprint density at radius 1 is 0.900 bits per heavy atom. The van der Waals surface area contributed by atoms with Gasteiger partial charge in [0.25, 0.3) is 0 Å². The molecule has 0 spiro atoms. The van der Waals surface area contributed by atoms with Gasteiger partial charge in [-0.2, -0.15) is 0 Å². The highest BCUT2D eigenvalue weighted by Gasteiger charge is 2.20. The lowest BCUT2D eigenvalue weighted by atomic mass is 10.0. The molecule has 4 rings (SSSR count). The van der Waals surface area contributed by atoms with Gasteiger partial charge in [0.1, 0.15) is 18.4 Å². The van der Waals surface area contributed by atoms with E-state index in [4.69, 9.17) is 28.9 Å². The van der Waals surface area contributed by atoms with E-state index in [9.17, 15) is 4.79 Å². The quantitative estimate of drug-likeness (QED) is 0.335. The fraction of sp³-hybridized carbons (Fsp3) is 0.0833. The van der Waals surface area contributed by atoms with E-state index >= 15 is 0 Å². The molecule has 30 heavy (non-hydrogen) atoms. The van der Waals surface area contributed by atoms with Crippen molar-refractivity contribution in [3.8, 4) is 22.4 Å². The smallest absolute Gasteiger partial charge is 0.291 e. The molecule has 0 saturated carbocycles. The molecule has 0 fully saturated rings. The van der Waals surface area contributed by atoms with E-state index in [1.165, 1.54) is 0 Å². The number of rotatable bonds is 5. The zero-order valence-corrected chi connectivity index (χ0v) is 17.9. The van der Waals surface area contributed by atoms with Crippen molar-refractivity contribution in [3.63, 3.8) is 0 Å². The number of nitrogen functional groups attached to an aromatic ring is 1. The highest BCUT2D eigenvalue weighted by molar-refractivity contribution is 6.42. The molecule has 0 radical (unpaired) electrons. The first kappa shape index (κ1) is 20.2. The highest BCUT2D eigenvalue weighted by Crippen LogP contribution is 2.26. The number of ketones is 1. The minimum atomic E-state index is -0.0955. The maximum atomic E-state index is 12.7. The Balaban J connectivity index is 1.60. The van der Waals surface area contributed by atoms with Crippen molar-refractivity contribution in [2.24, 2.45) is 7.05 Å². The Morgan fingerprint density at radius 3 is 2.20 bits per heavy atom. The second kappa shape index (κ2) is 8.34. The number of hydrogen-bond donors (Lipinski definition) is 1. The second-order valence-electron chi connectivity index (χ2n) is 7.05. The first-order chi connectivity index (χ1) is 14.4. The number of nitrogens with two attached hydrogens (primary N) is 1. The van der Waals surface area contributed by atoms with Crippen LogP contribution in [-0.2, 0) is 13.6 Å². The van der Waals surface area contributed by atoms with Gasteiger partial charge in [0.05, 0.1) is 17.1 Å². The fourth-order valence-electron chi connectivity index (χ4n) is 3.39. The van der Waals surface area contributed by atoms with Crippen LogP contribution in [0, 0.1) is 0 Å². The van der Waals surface area contributed by atoms with Crippen LogP contribution in [0.4, 0.5) is 5.95 Å². The van der Waals surface area contributed by atoms with Gasteiger partial charge in [-0.05, 0) is 29.3 Å². The molecule has 1 heterocycles. The van der Waals surface area contributed by atoms with Gasteiger partial charge in [-0.1, -0.05) is 77.8 Å². The van der Waals surface area contributed by atoms with Gasteiger partial charge in [-0.15, -0.1) is 0 Å². The van der Waals surface area contributed by atoms with Crippen LogP contribution in [0.15, 0.2) is 79.0 Å². The van der Waals surface area contributed by atoms with E-state index in [1.54, 1.807) is 22.8 Å². The third-order valence-corrected chi connectivity index (χ3v) is 5.86. The lowest BCUT2D eigenvalue weighted by molar-refractivity contribution is -0.667. The van der Waals surface area contributed by atoms with Crippen LogP contribution in [-0.4, -0.2) is 10.4 Å². The zero-order chi connectivity index (χ0) is 21.3. The summed E-state index contributed by atoms with van der Waals surface area (Å²) < 4.78 is 3.62. The minimum Gasteiger partial charge on any atom is -0.291 e. The first-order valence-electron chi connectivity index (χ1n) is 9.43. The minimum absolute atomic E-state index is 0.0955. The van der Waals surface area contributed by atoms with Gasteiger partial charge in [0.15, 0.2) is 5.78 Å². The normalized spacial score (nSPS) is 10.9. The first-order valence-corrected chi connectivity index (χ1v) is 10.2. The summed E-state index contributed by atoms with van der Waals surface area (Å²) >= 11 is 12.0. The lowest BCUT2D eigenvalue weighted by Crippen LogP contribution is -2.39. The SMILES string of the molecule is Cn1c(-c2ccc(-c3ccccc3)cc2)c[n+](CC(=O)c2ccc(Cl)c(Cl)c2)c1N. The number of aromatic nitrogens is 2. The lowest BCUT2D eigenvalue weighted by Gasteiger charge is -2.03. The number of imidazole rings is 1. The van der Waals surface area contributed by atoms with E-state index in [-0.39, 0.29) is 12.3 Å². The van der Waals surface area contributed by atoms with Gasteiger partial charge >= 0.3 is 5.95 Å². The van der Waals surface area contributed by atoms with Crippen molar-refractivity contribution in [2.75, 3.05) is 5.73 Å². The number of hydrogen-bond acceptors (Lipinski definition) is 2. The van der Waals surface area contributed by atoms with Gasteiger partial charge in [0, 0.05) is 11.1 Å². The Kier molecular flexibility index (Phi) is 5.62. The molecule has 0 aliphatic rings. The molecule has 0 unspecified atom stereocenters. The van der Waals surface area contributed by atoms with Gasteiger partial charge in [0.2, 0.25) is 0 Å². The van der Waals surface area contributed by atoms with E-state index < -0.39 is 0 Å². The van der Waals surface area contributed by atoms with Crippen molar-refractivity contribution < 1.29 is 9.36 Å². The molecule has 2 N–H and O–H groups in total. The van der Waals surface area contributed by atoms with Crippen LogP contribution < -0.4 is 10.3 Å². The molecule has 4 aromatic rings. The average Bonchev–Trinajstić information content (AvgIpc) is 3.05. The number of halogens is 2. The summed E-state index contributed by atoms with van der Waals surface area (Å²) in [5.41, 5.74) is 11.0. The predicted octanol–water partition coefficient (Wildman–Crippen LogP) is 5.42. The number of nitrogens with zero attached hydrogens (tertiary/aromatic N) is 2. The van der Waals surface area contributed by atoms with Crippen molar-refractivity contribution in [1.29, 1.82) is 0 Å². The third kappa shape index (κ3) is 3.97. The van der Waals surface area contributed by atoms with Crippen LogP contribution in [0.5, 0.6) is 0 Å². The van der Waals surface area contributed by atoms with Crippen molar-refractivity contribution in [2.45, 2.75) is 6.54 Å². The number of carbonyl (C=O) groups excluding carboxylic acids is 1. The molecule has 0 amide bonds. The Morgan fingerprint density at radius 2 is 1.53 bits per heavy atom. The molecule has 3 aromatic carbocycles. The van der Waals surface area contributed by atoms with Crippen LogP contribution in [0.2, 0.25) is 10.0 Å². The number of Topliss-reactive ketones (excluding diaryl/α,β-unsaturated/α-hetero) is 1. The highest BCUT2D eigenvalue weighted by atomic mass is 35.5. The van der Waals surface area contributed by atoms with E-state index in [0.717, 1.165) is 22.4 Å². The predicted molar refractivity (Wildman–Crippen MR) is 122 cm³/mol. The summed E-state index contributed by atoms with van der Waals surface area (Å²) in [6.07, 6.45) is 1.89. The summed E-state index contributed by atoms with van der Waals surface area (Å²) in [5, 5.41) is 0.772. The van der Waals surface area contributed by atoms with Gasteiger partial charge < -0.3 is 0 Å². The van der Waals surface area contributed by atoms with Gasteiger partial charge in [-0.3, -0.25) is 10.5 Å². The summed E-state index contributed by atoms with van der Waals surface area (Å²) in [7, 11) is 1.88. The Bertz CT molecular complexity index is 1220. The molecular formula is C24H20Cl2N3O+. The molecule has 150 valence electrons. The molecule has 0 saturated heterocycles. The van der Waals surface area contributed by atoms with Crippen LogP contribution >= 0.6 is 23.2 Å². The average molecular weight is 437 g/mol. The maximum absolute atomic E-state index is 12.7. The summed E-state index contributed by atoms with van der Waals surface area (Å²) in [5.74, 6) is 0.396. The van der Waals surface area contributed by atoms with Crippen molar-refractivity contribution in [3.05, 3.63) is 94.6 Å². The molecule has 0 atom stereocenters. The zero-order valence-electron chi connectivity index (χ0n) is 16.3. The number of benzene rings is 3. The fourth-order valence-corrected chi connectivity index (χ4v) is 3.69. The largest absolute Gasteiger partial charge is 0.355 e. The van der Waals surface area contributed by atoms with Crippen LogP contribution in [0.1, 0.15) is 10.4 Å². The van der Waals surface area contributed by atoms with E-state index in [1.807, 2.05) is 36.0 Å². The summed E-state index contributed by atoms with van der Waals surface area (Å²) in [6, 6.07) is 23.4. The Labute approximate surface area is 185 Å². The summed E-state index contributed by atoms with van der Waals surface area (Å²) in [4.78, 5) is 12.7. The molecule has 4 nitrogen and oxygen atoms in total. The molecule has 1 aromatic heterocycles. The second-order valence-corrected chi connectivity index (χ2v) is 7.87. The topological polar surface area (TPSA) is 51.9 Å². The number of carbonyl (C=O) groups is 1. The van der Waals surface area contributed by atoms with Crippen LogP contribution in [0.25, 0.3) is 22.4 Å². The van der Waals surface area contributed by atoms with Crippen molar-refractivity contribution in [1.82, 2.24) is 4.57 Å². The Hall–Kier alpha value is -3.08. The molecule has 0 bridgehead atoms. The molecule has 0 aliphatic heterocycles. The summed E-state index contributed by atoms with van der Waals surface area (Å²) in [6.45, 7) is 0.111. The third-order valence-electron chi connectivity index (χ3n) is 5.12. The standard InChI is InChI=1S/C24H19Cl2N3O/c1-28-22(18-9-7-17(8-10-18)16-5-3-2-4-6-16)14-29(24(28)27)15-23(30)19-11-12-20(25)21(26)13-19/h2-14,27H,15H2,1H3/p+1. The van der Waals surface area contributed by atoms with E-state index in [2.05, 4.69) is 36.4 Å². The van der Waals surface area contributed by atoms with Crippen molar-refractivity contribution >= 4 is 34.9 Å². The monoisotopic (exact) mass is 436 g/mol. The van der Waals surface area contributed by atoms with E-state index in [0.29, 0.717) is 21.6 Å².